The highest BCUT2D eigenvalue weighted by Gasteiger charge is 1.91. The van der Waals surface area contributed by atoms with Crippen molar-refractivity contribution in [2.24, 2.45) is 0 Å². The average molecular weight is 188 g/mol. The fourth-order valence-electron chi connectivity index (χ4n) is 0.664. The molecule has 0 aliphatic heterocycles. The summed E-state index contributed by atoms with van der Waals surface area (Å²) in [6.07, 6.45) is 2.85. The fraction of sp³-hybridized carbons (Fsp3) is 0.375. The Bertz CT molecular complexity index is 191. The number of pyridine rings is 1. The maximum Gasteiger partial charge on any atom is 0.0959 e. The summed E-state index contributed by atoms with van der Waals surface area (Å²) in [4.78, 5) is 4.17. The molecule has 1 heterocycles. The van der Waals surface area contributed by atoms with E-state index in [1.807, 2.05) is 24.4 Å². The summed E-state index contributed by atoms with van der Waals surface area (Å²) in [5.41, 5.74) is 0. The van der Waals surface area contributed by atoms with Crippen LogP contribution in [-0.2, 0) is 0 Å². The normalized spacial score (nSPS) is 9.91. The number of aromatic nitrogens is 1. The van der Waals surface area contributed by atoms with E-state index in [9.17, 15) is 0 Å². The van der Waals surface area contributed by atoms with Crippen molar-refractivity contribution in [1.82, 2.24) is 4.98 Å². The number of halogens is 1. The second-order valence-electron chi connectivity index (χ2n) is 2.06. The van der Waals surface area contributed by atoms with E-state index in [0.29, 0.717) is 0 Å². The molecule has 0 fully saturated rings. The van der Waals surface area contributed by atoms with Crippen LogP contribution in [-0.4, -0.2) is 16.6 Å². The molecule has 1 nitrogen and oxygen atoms in total. The van der Waals surface area contributed by atoms with Gasteiger partial charge in [0.05, 0.1) is 5.03 Å². The Morgan fingerprint density at radius 1 is 1.45 bits per heavy atom. The molecule has 0 saturated heterocycles. The highest BCUT2D eigenvalue weighted by atomic mass is 35.5. The molecule has 0 bridgehead atoms. The monoisotopic (exact) mass is 187 g/mol. The van der Waals surface area contributed by atoms with Crippen LogP contribution in [0.5, 0.6) is 0 Å². The van der Waals surface area contributed by atoms with Crippen LogP contribution in [0.2, 0.25) is 0 Å². The molecule has 0 aliphatic rings. The standard InChI is InChI=1S/C8H10ClNS/c9-5-3-7-11-8-4-1-2-6-10-8/h1-2,4,6H,3,5,7H2. The maximum atomic E-state index is 5.53. The topological polar surface area (TPSA) is 12.9 Å². The molecule has 0 atom stereocenters. The minimum atomic E-state index is 0.736. The fourth-order valence-corrected chi connectivity index (χ4v) is 1.76. The van der Waals surface area contributed by atoms with E-state index in [4.69, 9.17) is 11.6 Å². The molecule has 11 heavy (non-hydrogen) atoms. The van der Waals surface area contributed by atoms with Gasteiger partial charge in [-0.2, -0.15) is 0 Å². The molecule has 1 aromatic rings. The van der Waals surface area contributed by atoms with Crippen molar-refractivity contribution in [2.75, 3.05) is 11.6 Å². The van der Waals surface area contributed by atoms with E-state index < -0.39 is 0 Å². The van der Waals surface area contributed by atoms with E-state index >= 15 is 0 Å². The van der Waals surface area contributed by atoms with Crippen LogP contribution in [0.3, 0.4) is 0 Å². The van der Waals surface area contributed by atoms with E-state index in [2.05, 4.69) is 4.98 Å². The van der Waals surface area contributed by atoms with E-state index in [1.54, 1.807) is 11.8 Å². The number of alkyl halides is 1. The number of rotatable bonds is 4. The molecule has 0 unspecified atom stereocenters. The van der Waals surface area contributed by atoms with Crippen molar-refractivity contribution in [1.29, 1.82) is 0 Å². The lowest BCUT2D eigenvalue weighted by molar-refractivity contribution is 1.09. The average Bonchev–Trinajstić information content (AvgIpc) is 2.07. The van der Waals surface area contributed by atoms with E-state index in [0.717, 1.165) is 23.1 Å². The zero-order valence-corrected chi connectivity index (χ0v) is 7.74. The van der Waals surface area contributed by atoms with Gasteiger partial charge in [0, 0.05) is 17.8 Å². The predicted molar refractivity (Wildman–Crippen MR) is 50.3 cm³/mol. The van der Waals surface area contributed by atoms with Crippen molar-refractivity contribution in [3.63, 3.8) is 0 Å². The molecule has 0 saturated carbocycles. The van der Waals surface area contributed by atoms with Crippen LogP contribution in [0.25, 0.3) is 0 Å². The summed E-state index contributed by atoms with van der Waals surface area (Å²) in [5.74, 6) is 1.79. The van der Waals surface area contributed by atoms with Crippen LogP contribution >= 0.6 is 23.4 Å². The summed E-state index contributed by atoms with van der Waals surface area (Å²) in [6.45, 7) is 0. The highest BCUT2D eigenvalue weighted by molar-refractivity contribution is 7.99. The first kappa shape index (κ1) is 8.88. The molecule has 0 spiro atoms. The Labute approximate surface area is 76.2 Å². The minimum Gasteiger partial charge on any atom is -0.250 e. The van der Waals surface area contributed by atoms with Crippen molar-refractivity contribution >= 4 is 23.4 Å². The minimum absolute atomic E-state index is 0.736. The van der Waals surface area contributed by atoms with Gasteiger partial charge in [0.25, 0.3) is 0 Å². The summed E-state index contributed by atoms with van der Waals surface area (Å²) in [5, 5.41) is 1.08. The molecular formula is C8H10ClNS. The summed E-state index contributed by atoms with van der Waals surface area (Å²) >= 11 is 7.28. The van der Waals surface area contributed by atoms with Crippen molar-refractivity contribution < 1.29 is 0 Å². The number of hydrogen-bond acceptors (Lipinski definition) is 2. The Kier molecular flexibility index (Phi) is 4.39. The lowest BCUT2D eigenvalue weighted by atomic mass is 10.5. The summed E-state index contributed by atoms with van der Waals surface area (Å²) < 4.78 is 0. The first-order valence-electron chi connectivity index (χ1n) is 3.53. The quantitative estimate of drug-likeness (QED) is 0.409. The first-order chi connectivity index (χ1) is 5.43. The van der Waals surface area contributed by atoms with Crippen LogP contribution in [0, 0.1) is 0 Å². The molecule has 3 heteroatoms. The van der Waals surface area contributed by atoms with Crippen LogP contribution in [0.1, 0.15) is 6.42 Å². The van der Waals surface area contributed by atoms with Gasteiger partial charge in [0.15, 0.2) is 0 Å². The third-order valence-corrected chi connectivity index (χ3v) is 2.46. The van der Waals surface area contributed by atoms with Crippen molar-refractivity contribution in [3.05, 3.63) is 24.4 Å². The third kappa shape index (κ3) is 3.63. The number of hydrogen-bond donors (Lipinski definition) is 0. The second-order valence-corrected chi connectivity index (χ2v) is 3.55. The summed E-state index contributed by atoms with van der Waals surface area (Å²) in [7, 11) is 0. The van der Waals surface area contributed by atoms with Gasteiger partial charge in [0.2, 0.25) is 0 Å². The van der Waals surface area contributed by atoms with Gasteiger partial charge in [-0.05, 0) is 18.6 Å². The molecule has 0 aliphatic carbocycles. The number of thioether (sulfide) groups is 1. The second kappa shape index (κ2) is 5.44. The zero-order chi connectivity index (χ0) is 7.94. The molecule has 0 N–H and O–H groups in total. The van der Waals surface area contributed by atoms with Crippen LogP contribution in [0.15, 0.2) is 29.4 Å². The van der Waals surface area contributed by atoms with Gasteiger partial charge < -0.3 is 0 Å². The zero-order valence-electron chi connectivity index (χ0n) is 6.16. The molecule has 60 valence electrons. The van der Waals surface area contributed by atoms with Crippen molar-refractivity contribution in [3.8, 4) is 0 Å². The van der Waals surface area contributed by atoms with Gasteiger partial charge in [-0.15, -0.1) is 23.4 Å². The highest BCUT2D eigenvalue weighted by Crippen LogP contribution is 2.14. The van der Waals surface area contributed by atoms with E-state index in [1.165, 1.54) is 0 Å². The summed E-state index contributed by atoms with van der Waals surface area (Å²) in [6, 6.07) is 5.93. The third-order valence-electron chi connectivity index (χ3n) is 1.17. The molecule has 0 aromatic carbocycles. The Hall–Kier alpha value is -0.210. The smallest absolute Gasteiger partial charge is 0.0959 e. The van der Waals surface area contributed by atoms with Gasteiger partial charge in [-0.3, -0.25) is 0 Å². The van der Waals surface area contributed by atoms with Gasteiger partial charge in [0.1, 0.15) is 0 Å². The molecular weight excluding hydrogens is 178 g/mol. The molecule has 1 aromatic heterocycles. The Balaban J connectivity index is 2.28. The molecule has 1 rings (SSSR count). The van der Waals surface area contributed by atoms with Gasteiger partial charge >= 0.3 is 0 Å². The number of nitrogens with zero attached hydrogens (tertiary/aromatic N) is 1. The Morgan fingerprint density at radius 2 is 2.36 bits per heavy atom. The molecule has 0 radical (unpaired) electrons. The van der Waals surface area contributed by atoms with Crippen LogP contribution < -0.4 is 0 Å². The van der Waals surface area contributed by atoms with Crippen LogP contribution in [0.4, 0.5) is 0 Å². The first-order valence-corrected chi connectivity index (χ1v) is 5.05. The predicted octanol–water partition coefficient (Wildman–Crippen LogP) is 2.80. The van der Waals surface area contributed by atoms with Gasteiger partial charge in [-0.1, -0.05) is 6.07 Å². The maximum absolute atomic E-state index is 5.53. The molecule has 0 amide bonds. The van der Waals surface area contributed by atoms with E-state index in [-0.39, 0.29) is 0 Å². The lowest BCUT2D eigenvalue weighted by Gasteiger charge is -1.96. The lowest BCUT2D eigenvalue weighted by Crippen LogP contribution is -1.82. The SMILES string of the molecule is ClCCCSc1ccccn1. The van der Waals surface area contributed by atoms with Gasteiger partial charge in [-0.25, -0.2) is 4.98 Å². The Morgan fingerprint density at radius 3 is 3.00 bits per heavy atom. The largest absolute Gasteiger partial charge is 0.250 e. The van der Waals surface area contributed by atoms with Crippen molar-refractivity contribution in [2.45, 2.75) is 11.4 Å².